The summed E-state index contributed by atoms with van der Waals surface area (Å²) in [7, 11) is 1.22. The number of carboxylic acids is 1. The Morgan fingerprint density at radius 1 is 1.30 bits per heavy atom. The molecule has 0 radical (unpaired) electrons. The van der Waals surface area contributed by atoms with Crippen LogP contribution in [0.4, 0.5) is 0 Å². The van der Waals surface area contributed by atoms with Gasteiger partial charge in [-0.05, 0) is 43.7 Å². The number of aliphatic hydroxyl groups is 4. The molecule has 2 aliphatic heterocycles. The fraction of sp³-hybridized carbons (Fsp3) is 0.613. The highest BCUT2D eigenvalue weighted by Crippen LogP contribution is 2.53. The van der Waals surface area contributed by atoms with E-state index in [4.69, 9.17) is 18.9 Å². The summed E-state index contributed by atoms with van der Waals surface area (Å²) in [5.74, 6) is -2.73. The number of aromatic nitrogens is 1. The van der Waals surface area contributed by atoms with Crippen molar-refractivity contribution in [3.05, 3.63) is 46.6 Å². The Labute approximate surface area is 248 Å². The van der Waals surface area contributed by atoms with Crippen LogP contribution in [0.15, 0.2) is 30.4 Å². The molecule has 8 unspecified atom stereocenters. The molecule has 2 bridgehead atoms. The minimum Gasteiger partial charge on any atom is -0.481 e. The fourth-order valence-electron chi connectivity index (χ4n) is 7.29. The van der Waals surface area contributed by atoms with Gasteiger partial charge in [0.25, 0.3) is 0 Å². The number of carbonyl (C=O) groups excluding carboxylic acids is 1. The summed E-state index contributed by atoms with van der Waals surface area (Å²) in [6.07, 6.45) is -0.163. The zero-order valence-corrected chi connectivity index (χ0v) is 24.5. The maximum absolute atomic E-state index is 12.5. The highest BCUT2D eigenvalue weighted by atomic mass is 16.7. The molecule has 236 valence electrons. The van der Waals surface area contributed by atoms with Gasteiger partial charge in [0, 0.05) is 41.3 Å². The average molecular weight is 604 g/mol. The van der Waals surface area contributed by atoms with Crippen molar-refractivity contribution in [1.82, 2.24) is 4.98 Å². The normalized spacial score (nSPS) is 34.9. The summed E-state index contributed by atoms with van der Waals surface area (Å²) in [5, 5.41) is 55.4. The summed E-state index contributed by atoms with van der Waals surface area (Å²) in [6.45, 7) is 5.23. The van der Waals surface area contributed by atoms with Crippen molar-refractivity contribution in [2.45, 2.75) is 87.7 Å². The number of hydrogen-bond acceptors (Lipinski definition) is 10. The number of aryl methyl sites for hydroxylation is 1. The number of aromatic amines is 1. The van der Waals surface area contributed by atoms with Gasteiger partial charge in [0.2, 0.25) is 0 Å². The van der Waals surface area contributed by atoms with Crippen LogP contribution in [-0.2, 0) is 35.0 Å². The zero-order valence-electron chi connectivity index (χ0n) is 24.5. The van der Waals surface area contributed by atoms with Gasteiger partial charge in [-0.15, -0.1) is 6.58 Å². The van der Waals surface area contributed by atoms with Crippen LogP contribution in [0.5, 0.6) is 0 Å². The Morgan fingerprint density at radius 3 is 2.70 bits per heavy atom. The Balaban J connectivity index is 1.53. The molecule has 8 atom stereocenters. The monoisotopic (exact) mass is 603 g/mol. The highest BCUT2D eigenvalue weighted by molar-refractivity contribution is 5.90. The van der Waals surface area contributed by atoms with Gasteiger partial charge in [0.05, 0.1) is 31.6 Å². The first kappa shape index (κ1) is 31.4. The number of carboxylic acid groups (broad SMARTS) is 1. The van der Waals surface area contributed by atoms with Gasteiger partial charge in [0.1, 0.15) is 23.6 Å². The quantitative estimate of drug-likeness (QED) is 0.145. The van der Waals surface area contributed by atoms with E-state index in [2.05, 4.69) is 11.6 Å². The van der Waals surface area contributed by atoms with E-state index in [1.54, 1.807) is 6.08 Å². The summed E-state index contributed by atoms with van der Waals surface area (Å²) >= 11 is 0. The van der Waals surface area contributed by atoms with Gasteiger partial charge < -0.3 is 49.5 Å². The second-order valence-corrected chi connectivity index (χ2v) is 11.7. The maximum atomic E-state index is 12.5. The molecule has 1 spiro atoms. The van der Waals surface area contributed by atoms with Gasteiger partial charge in [-0.1, -0.05) is 19.1 Å². The van der Waals surface area contributed by atoms with Crippen molar-refractivity contribution >= 4 is 23.3 Å². The van der Waals surface area contributed by atoms with E-state index in [1.807, 2.05) is 13.0 Å². The summed E-state index contributed by atoms with van der Waals surface area (Å²) in [5.41, 5.74) is -1.71. The molecule has 2 aliphatic carbocycles. The van der Waals surface area contributed by atoms with Gasteiger partial charge in [-0.25, -0.2) is 4.79 Å². The smallest absolute Gasteiger partial charge is 0.333 e. The maximum Gasteiger partial charge on any atom is 0.333 e. The number of H-pyrrole nitrogens is 1. The molecule has 1 saturated heterocycles. The van der Waals surface area contributed by atoms with Crippen LogP contribution >= 0.6 is 0 Å². The average Bonchev–Trinajstić information content (AvgIpc) is 3.43. The molecule has 4 aliphatic rings. The number of carbonyl (C=O) groups is 2. The number of fused-ring (bicyclic) bond motifs is 2. The lowest BCUT2D eigenvalue weighted by Crippen LogP contribution is -2.78. The Morgan fingerprint density at radius 2 is 2.07 bits per heavy atom. The van der Waals surface area contributed by atoms with Gasteiger partial charge in [0.15, 0.2) is 11.9 Å². The lowest BCUT2D eigenvalue weighted by molar-refractivity contribution is -0.372. The highest BCUT2D eigenvalue weighted by Gasteiger charge is 2.70. The van der Waals surface area contributed by atoms with E-state index in [9.17, 15) is 35.1 Å². The van der Waals surface area contributed by atoms with E-state index in [0.717, 1.165) is 22.7 Å². The molecular formula is C31H41NO11. The third-order valence-corrected chi connectivity index (χ3v) is 9.43. The third-order valence-electron chi connectivity index (χ3n) is 9.43. The zero-order chi connectivity index (χ0) is 31.1. The van der Waals surface area contributed by atoms with Crippen LogP contribution in [0.25, 0.3) is 11.3 Å². The van der Waals surface area contributed by atoms with Crippen molar-refractivity contribution in [1.29, 1.82) is 0 Å². The third kappa shape index (κ3) is 5.03. The molecule has 0 aromatic carbocycles. The Kier molecular flexibility index (Phi) is 8.90. The molecule has 5 rings (SSSR count). The second-order valence-electron chi connectivity index (χ2n) is 11.7. The van der Waals surface area contributed by atoms with Gasteiger partial charge in [-0.3, -0.25) is 4.79 Å². The van der Waals surface area contributed by atoms with Crippen LogP contribution < -0.4 is 10.6 Å². The predicted molar refractivity (Wildman–Crippen MR) is 151 cm³/mol. The number of nitrogens with one attached hydrogen (secondary N) is 1. The summed E-state index contributed by atoms with van der Waals surface area (Å²) in [6, 6.07) is 1.99. The fourth-order valence-corrected chi connectivity index (χ4v) is 7.29. The molecule has 1 aromatic rings. The van der Waals surface area contributed by atoms with Crippen LogP contribution in [-0.4, -0.2) is 98.6 Å². The molecule has 1 saturated carbocycles. The number of aliphatic hydroxyl groups excluding tert-OH is 3. The first-order chi connectivity index (χ1) is 20.6. The standard InChI is InChI=1S/C31H41NO11/c1-4-16-13-20-21-10-11-30(39)28(38)31(21,43-23(7-6-12-33)26(20)32-16)24(15-34)42-29(30)41-22-9-8-18(27(37)40-3)19(14-25(35)36)17(22)5-2/h5,8,13,17,19,22,24,28-29,32-34,38-39H,2,4,6-7,9-12,14-15H2,1,3H3,(H,35,36). The predicted octanol–water partition coefficient (Wildman–Crippen LogP) is -0.238. The topological polar surface area (TPSA) is 188 Å². The van der Waals surface area contributed by atoms with Gasteiger partial charge >= 0.3 is 11.9 Å². The first-order valence-corrected chi connectivity index (χ1v) is 14.8. The number of rotatable bonds is 11. The molecule has 6 N–H and O–H groups in total. The lowest BCUT2D eigenvalue weighted by atomic mass is 9.63. The van der Waals surface area contributed by atoms with E-state index >= 15 is 0 Å². The van der Waals surface area contributed by atoms with Crippen molar-refractivity contribution in [2.24, 2.45) is 11.8 Å². The molecule has 2 fully saturated rings. The van der Waals surface area contributed by atoms with Crippen LogP contribution in [0.2, 0.25) is 0 Å². The van der Waals surface area contributed by atoms with Crippen molar-refractivity contribution in [3.63, 3.8) is 0 Å². The summed E-state index contributed by atoms with van der Waals surface area (Å²) < 4.78 is 24.1. The van der Waals surface area contributed by atoms with Crippen LogP contribution in [0.3, 0.4) is 0 Å². The van der Waals surface area contributed by atoms with E-state index in [0.29, 0.717) is 30.6 Å². The molecule has 43 heavy (non-hydrogen) atoms. The summed E-state index contributed by atoms with van der Waals surface area (Å²) in [4.78, 5) is 27.6. The van der Waals surface area contributed by atoms with Crippen molar-refractivity contribution in [2.75, 3.05) is 20.3 Å². The molecule has 12 heteroatoms. The van der Waals surface area contributed by atoms with Crippen molar-refractivity contribution < 1.29 is 54.1 Å². The van der Waals surface area contributed by atoms with Crippen LogP contribution in [0, 0.1) is 11.8 Å². The van der Waals surface area contributed by atoms with E-state index in [-0.39, 0.29) is 31.4 Å². The van der Waals surface area contributed by atoms with E-state index < -0.39 is 66.2 Å². The largest absolute Gasteiger partial charge is 0.481 e. The minimum absolute atomic E-state index is 0.0583. The molecule has 12 nitrogen and oxygen atoms in total. The van der Waals surface area contributed by atoms with Crippen LogP contribution in [0.1, 0.15) is 51.1 Å². The van der Waals surface area contributed by atoms with E-state index in [1.165, 1.54) is 13.2 Å². The van der Waals surface area contributed by atoms with Crippen molar-refractivity contribution in [3.8, 4) is 0 Å². The molecular weight excluding hydrogens is 562 g/mol. The molecule has 1 aromatic heterocycles. The SMILES string of the molecule is C=CC1C(OC2OC(CO)C34OC(CCCO)=c5[nH]c(CC)cc5=C3CCC2(O)C4O)CC=C(C(=O)OC)C1CC(=O)O. The second kappa shape index (κ2) is 12.2. The lowest BCUT2D eigenvalue weighted by Gasteiger charge is -2.60. The number of aliphatic carboxylic acids is 1. The number of esters is 1. The number of ether oxygens (including phenoxy) is 4. The Hall–Kier alpha value is -3.00. The molecule has 0 amide bonds. The number of hydrogen-bond donors (Lipinski definition) is 6. The molecule has 3 heterocycles. The minimum atomic E-state index is -1.96. The Bertz CT molecular complexity index is 1410. The number of methoxy groups -OCH3 is 1. The van der Waals surface area contributed by atoms with Gasteiger partial charge in [-0.2, -0.15) is 0 Å². The first-order valence-electron chi connectivity index (χ1n) is 14.8.